The Kier molecular flexibility index (Phi) is 11.6. The summed E-state index contributed by atoms with van der Waals surface area (Å²) in [5, 5.41) is 2.96. The maximum atomic E-state index is 13.5. The fraction of sp³-hybridized carbons (Fsp3) is 0.517. The number of rotatable bonds is 14. The second kappa shape index (κ2) is 14.2. The number of hydrogen-bond acceptors (Lipinski definition) is 5. The summed E-state index contributed by atoms with van der Waals surface area (Å²) in [7, 11) is -1.95. The number of nitrogens with zero attached hydrogens (tertiary/aromatic N) is 2. The summed E-state index contributed by atoms with van der Waals surface area (Å²) in [6.07, 6.45) is 2.07. The van der Waals surface area contributed by atoms with Crippen LogP contribution in [0.3, 0.4) is 0 Å². The van der Waals surface area contributed by atoms with Crippen LogP contribution in [-0.2, 0) is 26.2 Å². The summed E-state index contributed by atoms with van der Waals surface area (Å²) in [5.41, 5.74) is 3.53. The number of methoxy groups -OCH3 is 1. The Morgan fingerprint density at radius 2 is 1.68 bits per heavy atom. The van der Waals surface area contributed by atoms with Crippen LogP contribution in [0.1, 0.15) is 56.7 Å². The molecule has 1 unspecified atom stereocenters. The van der Waals surface area contributed by atoms with E-state index < -0.39 is 16.1 Å². The van der Waals surface area contributed by atoms with Crippen molar-refractivity contribution in [3.63, 3.8) is 0 Å². The van der Waals surface area contributed by atoms with Gasteiger partial charge in [0.2, 0.25) is 21.8 Å². The van der Waals surface area contributed by atoms with Crippen molar-refractivity contribution in [2.24, 2.45) is 5.92 Å². The minimum Gasteiger partial charge on any atom is -0.497 e. The fourth-order valence-electron chi connectivity index (χ4n) is 4.15. The Morgan fingerprint density at radius 3 is 2.21 bits per heavy atom. The van der Waals surface area contributed by atoms with E-state index in [2.05, 4.69) is 5.32 Å². The van der Waals surface area contributed by atoms with Crippen molar-refractivity contribution in [3.05, 3.63) is 59.2 Å². The van der Waals surface area contributed by atoms with Gasteiger partial charge < -0.3 is 15.0 Å². The van der Waals surface area contributed by atoms with Gasteiger partial charge in [-0.15, -0.1) is 0 Å². The SMILES string of the molecule is CCC(C(=O)NCC(C)C)N(Cc1ccc(OC)cc1)C(=O)CCCN(c1ccc(C)c(C)c1)S(C)(=O)=O. The summed E-state index contributed by atoms with van der Waals surface area (Å²) in [4.78, 5) is 28.2. The Labute approximate surface area is 228 Å². The second-order valence-electron chi connectivity index (χ2n) is 10.1. The third-order valence-electron chi connectivity index (χ3n) is 6.51. The zero-order valence-corrected chi connectivity index (χ0v) is 24.6. The van der Waals surface area contributed by atoms with E-state index >= 15 is 0 Å². The largest absolute Gasteiger partial charge is 0.497 e. The summed E-state index contributed by atoms with van der Waals surface area (Å²) in [5.74, 6) is 0.618. The summed E-state index contributed by atoms with van der Waals surface area (Å²) in [6, 6.07) is 12.3. The van der Waals surface area contributed by atoms with Crippen LogP contribution >= 0.6 is 0 Å². The number of carbonyl (C=O) groups excluding carboxylic acids is 2. The van der Waals surface area contributed by atoms with E-state index in [0.29, 0.717) is 30.8 Å². The molecule has 0 aliphatic heterocycles. The highest BCUT2D eigenvalue weighted by Crippen LogP contribution is 2.23. The number of amides is 2. The Bertz CT molecular complexity index is 1180. The van der Waals surface area contributed by atoms with Crippen LogP contribution in [0.4, 0.5) is 5.69 Å². The van der Waals surface area contributed by atoms with Crippen LogP contribution in [0.25, 0.3) is 0 Å². The minimum atomic E-state index is -3.54. The lowest BCUT2D eigenvalue weighted by atomic mass is 10.1. The van der Waals surface area contributed by atoms with Crippen LogP contribution < -0.4 is 14.4 Å². The minimum absolute atomic E-state index is 0.112. The predicted molar refractivity (Wildman–Crippen MR) is 153 cm³/mol. The van der Waals surface area contributed by atoms with Crippen molar-refractivity contribution < 1.29 is 22.7 Å². The van der Waals surface area contributed by atoms with Gasteiger partial charge in [-0.25, -0.2) is 8.42 Å². The van der Waals surface area contributed by atoms with E-state index in [9.17, 15) is 18.0 Å². The molecule has 2 aromatic carbocycles. The van der Waals surface area contributed by atoms with Gasteiger partial charge >= 0.3 is 0 Å². The summed E-state index contributed by atoms with van der Waals surface area (Å²) in [6.45, 7) is 10.8. The van der Waals surface area contributed by atoms with E-state index in [1.54, 1.807) is 18.1 Å². The van der Waals surface area contributed by atoms with Crippen LogP contribution in [0.5, 0.6) is 5.75 Å². The fourth-order valence-corrected chi connectivity index (χ4v) is 5.11. The molecule has 0 bridgehead atoms. The van der Waals surface area contributed by atoms with Gasteiger partial charge in [-0.05, 0) is 73.6 Å². The molecule has 0 aliphatic rings. The highest BCUT2D eigenvalue weighted by Gasteiger charge is 2.29. The number of anilines is 1. The smallest absolute Gasteiger partial charge is 0.242 e. The van der Waals surface area contributed by atoms with Crippen LogP contribution in [0.15, 0.2) is 42.5 Å². The molecule has 0 aromatic heterocycles. The van der Waals surface area contributed by atoms with E-state index in [1.807, 2.05) is 71.0 Å². The first-order valence-electron chi connectivity index (χ1n) is 13.1. The Morgan fingerprint density at radius 1 is 1.03 bits per heavy atom. The van der Waals surface area contributed by atoms with Gasteiger partial charge in [0.1, 0.15) is 11.8 Å². The number of ether oxygens (including phenoxy) is 1. The van der Waals surface area contributed by atoms with Crippen molar-refractivity contribution in [3.8, 4) is 5.75 Å². The molecule has 2 aromatic rings. The molecule has 1 atom stereocenters. The van der Waals surface area contributed by atoms with Gasteiger partial charge in [0.05, 0.1) is 19.1 Å². The summed E-state index contributed by atoms with van der Waals surface area (Å²) >= 11 is 0. The third-order valence-corrected chi connectivity index (χ3v) is 7.71. The second-order valence-corrected chi connectivity index (χ2v) is 12.0. The molecular formula is C29H43N3O5S. The van der Waals surface area contributed by atoms with Crippen molar-refractivity contribution >= 4 is 27.5 Å². The summed E-state index contributed by atoms with van der Waals surface area (Å²) < 4.78 is 31.7. The molecule has 0 spiro atoms. The average molecular weight is 546 g/mol. The van der Waals surface area contributed by atoms with E-state index in [0.717, 1.165) is 16.7 Å². The number of benzene rings is 2. The molecular weight excluding hydrogens is 502 g/mol. The van der Waals surface area contributed by atoms with E-state index in [1.165, 1.54) is 10.6 Å². The molecule has 1 N–H and O–H groups in total. The molecule has 38 heavy (non-hydrogen) atoms. The Balaban J connectivity index is 2.23. The molecule has 0 fully saturated rings. The van der Waals surface area contributed by atoms with Crippen molar-refractivity contribution in [1.29, 1.82) is 0 Å². The Hall–Kier alpha value is -3.07. The first kappa shape index (κ1) is 31.1. The first-order chi connectivity index (χ1) is 17.9. The molecule has 0 heterocycles. The zero-order chi connectivity index (χ0) is 28.5. The molecule has 2 amide bonds. The van der Waals surface area contributed by atoms with Gasteiger partial charge in [0.25, 0.3) is 0 Å². The maximum absolute atomic E-state index is 13.5. The lowest BCUT2D eigenvalue weighted by Gasteiger charge is -2.31. The van der Waals surface area contributed by atoms with Crippen molar-refractivity contribution in [2.75, 3.05) is 30.8 Å². The quantitative estimate of drug-likeness (QED) is 0.379. The highest BCUT2D eigenvalue weighted by atomic mass is 32.2. The number of nitrogens with one attached hydrogen (secondary N) is 1. The third kappa shape index (κ3) is 9.04. The van der Waals surface area contributed by atoms with Gasteiger partial charge in [-0.1, -0.05) is 39.0 Å². The van der Waals surface area contributed by atoms with Crippen LogP contribution in [-0.4, -0.2) is 57.6 Å². The number of aryl methyl sites for hydroxylation is 2. The molecule has 0 saturated carbocycles. The number of hydrogen-bond donors (Lipinski definition) is 1. The lowest BCUT2D eigenvalue weighted by molar-refractivity contribution is -0.141. The van der Waals surface area contributed by atoms with Gasteiger partial charge in [0.15, 0.2) is 0 Å². The number of carbonyl (C=O) groups is 2. The molecule has 0 radical (unpaired) electrons. The topological polar surface area (TPSA) is 96.0 Å². The zero-order valence-electron chi connectivity index (χ0n) is 23.8. The van der Waals surface area contributed by atoms with E-state index in [-0.39, 0.29) is 37.2 Å². The van der Waals surface area contributed by atoms with Crippen molar-refractivity contribution in [1.82, 2.24) is 10.2 Å². The number of sulfonamides is 1. The van der Waals surface area contributed by atoms with Gasteiger partial charge in [0, 0.05) is 26.1 Å². The molecule has 0 aliphatic carbocycles. The average Bonchev–Trinajstić information content (AvgIpc) is 2.86. The lowest BCUT2D eigenvalue weighted by Crippen LogP contribution is -2.49. The monoisotopic (exact) mass is 545 g/mol. The molecule has 210 valence electrons. The van der Waals surface area contributed by atoms with Crippen molar-refractivity contribution in [2.45, 2.75) is 66.5 Å². The normalized spacial score (nSPS) is 12.2. The van der Waals surface area contributed by atoms with E-state index in [4.69, 9.17) is 4.74 Å². The highest BCUT2D eigenvalue weighted by molar-refractivity contribution is 7.92. The van der Waals surface area contributed by atoms with Crippen LogP contribution in [0.2, 0.25) is 0 Å². The van der Waals surface area contributed by atoms with Crippen LogP contribution in [0, 0.1) is 19.8 Å². The molecule has 2 rings (SSSR count). The van der Waals surface area contributed by atoms with Gasteiger partial charge in [-0.2, -0.15) is 0 Å². The molecule has 8 nitrogen and oxygen atoms in total. The first-order valence-corrected chi connectivity index (χ1v) is 15.0. The molecule has 9 heteroatoms. The van der Waals surface area contributed by atoms with Gasteiger partial charge in [-0.3, -0.25) is 13.9 Å². The standard InChI is InChI=1S/C29H43N3O5S/c1-8-27(29(34)30-19-21(2)3)31(20-24-12-15-26(37-6)16-13-24)28(33)10-9-17-32(38(7,35)36)25-14-11-22(4)23(5)18-25/h11-16,18,21,27H,8-10,17,19-20H2,1-7H3,(H,30,34). The molecule has 0 saturated heterocycles. The maximum Gasteiger partial charge on any atom is 0.242 e. The predicted octanol–water partition coefficient (Wildman–Crippen LogP) is 4.44.